The smallest absolute Gasteiger partial charge is 0.333 e. The van der Waals surface area contributed by atoms with Crippen molar-refractivity contribution in [1.82, 2.24) is 19.6 Å². The highest BCUT2D eigenvalue weighted by atomic mass is 19.3. The Morgan fingerprint density at radius 1 is 1.33 bits per heavy atom. The van der Waals surface area contributed by atoms with Gasteiger partial charge in [0.1, 0.15) is 0 Å². The molecule has 0 radical (unpaired) electrons. The molecular weight excluding hydrogens is 276 g/mol. The van der Waals surface area contributed by atoms with Crippen LogP contribution in [-0.2, 0) is 6.54 Å². The number of hydrogen-bond acceptors (Lipinski definition) is 3. The number of nitrogens with zero attached hydrogens (tertiary/aromatic N) is 4. The molecule has 1 saturated carbocycles. The Labute approximate surface area is 121 Å². The summed E-state index contributed by atoms with van der Waals surface area (Å²) in [6.45, 7) is -0.338. The molecule has 3 rings (SSSR count). The van der Waals surface area contributed by atoms with Gasteiger partial charge < -0.3 is 5.32 Å². The molecule has 114 valence electrons. The Morgan fingerprint density at radius 3 is 2.76 bits per heavy atom. The topological polar surface area (TPSA) is 47.7 Å². The van der Waals surface area contributed by atoms with Crippen LogP contribution in [0.5, 0.6) is 0 Å². The molecule has 7 heteroatoms. The molecule has 2 aromatic heterocycles. The minimum absolute atomic E-state index is 0.516. The van der Waals surface area contributed by atoms with Gasteiger partial charge in [-0.15, -0.1) is 0 Å². The van der Waals surface area contributed by atoms with Crippen molar-refractivity contribution in [1.29, 1.82) is 0 Å². The molecule has 1 aliphatic carbocycles. The van der Waals surface area contributed by atoms with Crippen molar-refractivity contribution in [2.45, 2.75) is 51.7 Å². The average molecular weight is 295 g/mol. The molecule has 0 saturated heterocycles. The van der Waals surface area contributed by atoms with Crippen molar-refractivity contribution in [2.24, 2.45) is 0 Å². The number of alkyl halides is 2. The number of nitrogens with one attached hydrogen (secondary N) is 1. The first-order valence-corrected chi connectivity index (χ1v) is 7.24. The first kappa shape index (κ1) is 14.0. The van der Waals surface area contributed by atoms with E-state index in [2.05, 4.69) is 15.5 Å². The van der Waals surface area contributed by atoms with E-state index in [4.69, 9.17) is 0 Å². The summed E-state index contributed by atoms with van der Waals surface area (Å²) in [5.41, 5.74) is 2.24. The summed E-state index contributed by atoms with van der Waals surface area (Å²) in [5, 5.41) is 11.3. The van der Waals surface area contributed by atoms with Gasteiger partial charge in [-0.3, -0.25) is 4.68 Å². The number of rotatable bonds is 5. The molecule has 0 bridgehead atoms. The van der Waals surface area contributed by atoms with Crippen LogP contribution >= 0.6 is 0 Å². The van der Waals surface area contributed by atoms with Crippen molar-refractivity contribution >= 4 is 5.69 Å². The lowest BCUT2D eigenvalue weighted by Gasteiger charge is -2.08. The van der Waals surface area contributed by atoms with Crippen LogP contribution in [0.3, 0.4) is 0 Å². The van der Waals surface area contributed by atoms with Crippen molar-refractivity contribution in [3.05, 3.63) is 29.8 Å². The van der Waals surface area contributed by atoms with Gasteiger partial charge in [0.05, 0.1) is 29.8 Å². The van der Waals surface area contributed by atoms with E-state index in [0.717, 1.165) is 5.56 Å². The van der Waals surface area contributed by atoms with Gasteiger partial charge >= 0.3 is 6.55 Å². The zero-order valence-electron chi connectivity index (χ0n) is 12.0. The lowest BCUT2D eigenvalue weighted by atomic mass is 10.2. The molecule has 21 heavy (non-hydrogen) atoms. The molecule has 1 N–H and O–H groups in total. The largest absolute Gasteiger partial charge is 0.378 e. The van der Waals surface area contributed by atoms with Crippen LogP contribution in [0.2, 0.25) is 0 Å². The first-order valence-electron chi connectivity index (χ1n) is 7.24. The van der Waals surface area contributed by atoms with Gasteiger partial charge in [0.25, 0.3) is 0 Å². The minimum atomic E-state index is -2.61. The zero-order chi connectivity index (χ0) is 14.8. The fourth-order valence-electron chi connectivity index (χ4n) is 2.79. The number of anilines is 1. The lowest BCUT2D eigenvalue weighted by molar-refractivity contribution is 0.0563. The molecule has 0 spiro atoms. The van der Waals surface area contributed by atoms with Crippen LogP contribution in [0.1, 0.15) is 49.5 Å². The third-order valence-electron chi connectivity index (χ3n) is 3.95. The van der Waals surface area contributed by atoms with Crippen LogP contribution in [-0.4, -0.2) is 19.6 Å². The second-order valence-electron chi connectivity index (χ2n) is 5.51. The Hall–Kier alpha value is -1.92. The summed E-state index contributed by atoms with van der Waals surface area (Å²) in [5.74, 6) is 0. The van der Waals surface area contributed by atoms with Crippen LogP contribution in [0.4, 0.5) is 14.5 Å². The number of aryl methyl sites for hydroxylation is 1. The van der Waals surface area contributed by atoms with Gasteiger partial charge in [-0.25, -0.2) is 4.68 Å². The van der Waals surface area contributed by atoms with Gasteiger partial charge in [0, 0.05) is 18.3 Å². The second kappa shape index (κ2) is 5.83. The van der Waals surface area contributed by atoms with Crippen LogP contribution in [0, 0.1) is 6.92 Å². The van der Waals surface area contributed by atoms with Crippen molar-refractivity contribution in [2.75, 3.05) is 5.32 Å². The van der Waals surface area contributed by atoms with Crippen LogP contribution in [0.25, 0.3) is 0 Å². The van der Waals surface area contributed by atoms with E-state index in [1.807, 2.05) is 17.1 Å². The fraction of sp³-hybridized carbons (Fsp3) is 0.571. The predicted octanol–water partition coefficient (Wildman–Crippen LogP) is 3.51. The van der Waals surface area contributed by atoms with Crippen molar-refractivity contribution in [3.63, 3.8) is 0 Å². The molecule has 2 aromatic rings. The summed E-state index contributed by atoms with van der Waals surface area (Å²) in [7, 11) is 0. The molecule has 0 unspecified atom stereocenters. The van der Waals surface area contributed by atoms with Gasteiger partial charge in [-0.1, -0.05) is 12.8 Å². The Bertz CT molecular complexity index is 598. The zero-order valence-corrected chi connectivity index (χ0v) is 12.0. The van der Waals surface area contributed by atoms with Gasteiger partial charge in [0.15, 0.2) is 0 Å². The van der Waals surface area contributed by atoms with E-state index in [1.54, 1.807) is 6.92 Å². The Kier molecular flexibility index (Phi) is 3.90. The van der Waals surface area contributed by atoms with E-state index >= 15 is 0 Å². The molecular formula is C14H19F2N5. The third kappa shape index (κ3) is 3.06. The minimum Gasteiger partial charge on any atom is -0.378 e. The Morgan fingerprint density at radius 2 is 2.10 bits per heavy atom. The number of aromatic nitrogens is 4. The molecule has 0 aliphatic heterocycles. The fourth-order valence-corrected chi connectivity index (χ4v) is 2.79. The maximum Gasteiger partial charge on any atom is 0.333 e. The standard InChI is InChI=1S/C14H19F2N5/c1-10-13(9-21(19-10)14(15)16)17-6-11-7-18-20(8-11)12-4-2-3-5-12/h7-9,12,14,17H,2-6H2,1H3. The quantitative estimate of drug-likeness (QED) is 0.918. The van der Waals surface area contributed by atoms with Gasteiger partial charge in [0.2, 0.25) is 0 Å². The maximum atomic E-state index is 12.6. The highest BCUT2D eigenvalue weighted by Crippen LogP contribution is 2.29. The van der Waals surface area contributed by atoms with E-state index in [-0.39, 0.29) is 0 Å². The van der Waals surface area contributed by atoms with Gasteiger partial charge in [-0.2, -0.15) is 19.0 Å². The normalized spacial score (nSPS) is 16.0. The Balaban J connectivity index is 1.62. The number of hydrogen-bond donors (Lipinski definition) is 1. The molecule has 0 aromatic carbocycles. The second-order valence-corrected chi connectivity index (χ2v) is 5.51. The monoisotopic (exact) mass is 295 g/mol. The predicted molar refractivity (Wildman–Crippen MR) is 75.3 cm³/mol. The highest BCUT2D eigenvalue weighted by Gasteiger charge is 2.17. The summed E-state index contributed by atoms with van der Waals surface area (Å²) >= 11 is 0. The summed E-state index contributed by atoms with van der Waals surface area (Å²) in [4.78, 5) is 0. The van der Waals surface area contributed by atoms with E-state index in [0.29, 0.717) is 28.6 Å². The SMILES string of the molecule is Cc1nn(C(F)F)cc1NCc1cnn(C2CCCC2)c1. The molecule has 0 amide bonds. The first-order chi connectivity index (χ1) is 10.1. The average Bonchev–Trinajstić information content (AvgIpc) is 3.17. The molecule has 2 heterocycles. The van der Waals surface area contributed by atoms with E-state index < -0.39 is 6.55 Å². The summed E-state index contributed by atoms with van der Waals surface area (Å²) < 4.78 is 27.8. The van der Waals surface area contributed by atoms with Crippen molar-refractivity contribution < 1.29 is 8.78 Å². The highest BCUT2D eigenvalue weighted by molar-refractivity contribution is 5.45. The van der Waals surface area contributed by atoms with E-state index in [9.17, 15) is 8.78 Å². The molecule has 5 nitrogen and oxygen atoms in total. The maximum absolute atomic E-state index is 12.6. The van der Waals surface area contributed by atoms with Gasteiger partial charge in [-0.05, 0) is 19.8 Å². The lowest BCUT2D eigenvalue weighted by Crippen LogP contribution is -2.04. The molecule has 1 fully saturated rings. The molecule has 1 aliphatic rings. The summed E-state index contributed by atoms with van der Waals surface area (Å²) in [6.07, 6.45) is 10.1. The molecule has 0 atom stereocenters. The van der Waals surface area contributed by atoms with E-state index in [1.165, 1.54) is 31.9 Å². The van der Waals surface area contributed by atoms with Crippen LogP contribution < -0.4 is 5.32 Å². The summed E-state index contributed by atoms with van der Waals surface area (Å²) in [6, 6.07) is 0.516. The van der Waals surface area contributed by atoms with Crippen molar-refractivity contribution in [3.8, 4) is 0 Å². The third-order valence-corrected chi connectivity index (χ3v) is 3.95. The van der Waals surface area contributed by atoms with Crippen LogP contribution in [0.15, 0.2) is 18.6 Å². The number of halogens is 2.